The smallest absolute Gasteiger partial charge is 0.343 e. The van der Waals surface area contributed by atoms with Gasteiger partial charge in [-0.15, -0.1) is 0 Å². The Labute approximate surface area is 235 Å². The van der Waals surface area contributed by atoms with Gasteiger partial charge in [0.1, 0.15) is 6.07 Å². The Morgan fingerprint density at radius 1 is 1.00 bits per heavy atom. The van der Waals surface area contributed by atoms with E-state index < -0.39 is 51.1 Å². The average molecular weight is 559 g/mol. The lowest BCUT2D eigenvalue weighted by atomic mass is 9.35. The molecule has 0 spiro atoms. The zero-order valence-corrected chi connectivity index (χ0v) is 24.6. The van der Waals surface area contributed by atoms with E-state index >= 15 is 0 Å². The lowest BCUT2D eigenvalue weighted by Gasteiger charge is -2.69. The Bertz CT molecular complexity index is 1300. The second-order valence-corrected chi connectivity index (χ2v) is 15.4. The number of hydrogen-bond acceptors (Lipinski definition) is 4. The predicted molar refractivity (Wildman–Crippen MR) is 143 cm³/mol. The van der Waals surface area contributed by atoms with E-state index in [1.807, 2.05) is 20.8 Å². The minimum Gasteiger partial charge on any atom is -0.343 e. The van der Waals surface area contributed by atoms with Crippen LogP contribution in [0.5, 0.6) is 0 Å². The van der Waals surface area contributed by atoms with Crippen molar-refractivity contribution in [2.45, 2.75) is 105 Å². The molecule has 40 heavy (non-hydrogen) atoms. The first-order valence-corrected chi connectivity index (χ1v) is 14.5. The number of carbonyl (C=O) groups excluding carboxylic acids is 3. The van der Waals surface area contributed by atoms with E-state index in [2.05, 4.69) is 39.1 Å². The lowest BCUT2D eigenvalue weighted by Crippen LogP contribution is -2.70. The van der Waals surface area contributed by atoms with Crippen LogP contribution in [0.3, 0.4) is 0 Å². The summed E-state index contributed by atoms with van der Waals surface area (Å²) < 4.78 is 40.5. The number of alkyl halides is 3. The summed E-state index contributed by atoms with van der Waals surface area (Å²) in [6.45, 7) is 14.3. The second-order valence-electron chi connectivity index (χ2n) is 15.4. The van der Waals surface area contributed by atoms with Gasteiger partial charge in [0, 0.05) is 22.3 Å². The summed E-state index contributed by atoms with van der Waals surface area (Å²) in [6.07, 6.45) is 2.50. The zero-order chi connectivity index (χ0) is 29.9. The van der Waals surface area contributed by atoms with Crippen LogP contribution in [0.2, 0.25) is 0 Å². The largest absolute Gasteiger partial charge is 0.471 e. The molecule has 7 atom stereocenters. The Morgan fingerprint density at radius 2 is 1.62 bits per heavy atom. The van der Waals surface area contributed by atoms with Gasteiger partial charge < -0.3 is 5.32 Å². The molecule has 1 amide bonds. The Morgan fingerprint density at radius 3 is 2.23 bits per heavy atom. The normalized spacial score (nSPS) is 43.6. The highest BCUT2D eigenvalue weighted by atomic mass is 19.4. The third-order valence-electron chi connectivity index (χ3n) is 12.5. The Hall–Kier alpha value is -2.43. The second kappa shape index (κ2) is 8.32. The highest BCUT2D eigenvalue weighted by Crippen LogP contribution is 2.73. The fourth-order valence-corrected chi connectivity index (χ4v) is 10.1. The van der Waals surface area contributed by atoms with Crippen LogP contribution in [-0.2, 0) is 14.4 Å². The quantitative estimate of drug-likeness (QED) is 0.391. The number of carbonyl (C=O) groups is 3. The molecule has 0 aromatic carbocycles. The number of rotatable bonds is 1. The molecular weight excluding hydrogens is 517 g/mol. The van der Waals surface area contributed by atoms with Crippen LogP contribution in [0.4, 0.5) is 13.2 Å². The number of allylic oxidation sites excluding steroid dienone is 4. The van der Waals surface area contributed by atoms with Crippen LogP contribution >= 0.6 is 0 Å². The van der Waals surface area contributed by atoms with Gasteiger partial charge in [-0.1, -0.05) is 60.1 Å². The molecule has 1 N–H and O–H groups in total. The molecule has 3 saturated carbocycles. The molecule has 0 heterocycles. The molecule has 8 heteroatoms. The molecule has 218 valence electrons. The third-order valence-corrected chi connectivity index (χ3v) is 12.5. The van der Waals surface area contributed by atoms with Crippen molar-refractivity contribution in [3.63, 3.8) is 0 Å². The molecule has 0 bridgehead atoms. The summed E-state index contributed by atoms with van der Waals surface area (Å²) in [7, 11) is 0. The van der Waals surface area contributed by atoms with Crippen LogP contribution < -0.4 is 5.32 Å². The molecule has 3 fully saturated rings. The maximum atomic E-state index is 14.4. The highest BCUT2D eigenvalue weighted by molar-refractivity contribution is 6.04. The predicted octanol–water partition coefficient (Wildman–Crippen LogP) is 6.64. The van der Waals surface area contributed by atoms with E-state index in [0.29, 0.717) is 32.1 Å². The van der Waals surface area contributed by atoms with Gasteiger partial charge in [-0.3, -0.25) is 14.4 Å². The SMILES string of the molecule is CC1(C)CC[C@]2(NC(=O)C(F)(F)F)CC[C@]3(C)C(C(=O)C=C4[C@@]5(C)C=C(C#N)C(=O)C(C)(C)[C@@H]5CC[C@]43C)C2C1. The molecule has 0 radical (unpaired) electrons. The monoisotopic (exact) mass is 558 g/mol. The van der Waals surface area contributed by atoms with Gasteiger partial charge in [0.15, 0.2) is 11.6 Å². The molecule has 5 aliphatic rings. The van der Waals surface area contributed by atoms with Crippen molar-refractivity contribution in [3.8, 4) is 6.07 Å². The van der Waals surface area contributed by atoms with Crippen molar-refractivity contribution >= 4 is 17.5 Å². The molecule has 0 aromatic heterocycles. The Kier molecular flexibility index (Phi) is 6.05. The van der Waals surface area contributed by atoms with Gasteiger partial charge in [-0.05, 0) is 79.1 Å². The lowest BCUT2D eigenvalue weighted by molar-refractivity contribution is -0.185. The van der Waals surface area contributed by atoms with Crippen LogP contribution in [0, 0.1) is 56.2 Å². The van der Waals surface area contributed by atoms with E-state index in [1.54, 1.807) is 12.2 Å². The molecule has 0 saturated heterocycles. The molecule has 0 aromatic rings. The fraction of sp³-hybridized carbons (Fsp3) is 0.750. The summed E-state index contributed by atoms with van der Waals surface area (Å²) in [5.74, 6) is -3.25. The van der Waals surface area contributed by atoms with Crippen molar-refractivity contribution in [1.29, 1.82) is 5.26 Å². The van der Waals surface area contributed by atoms with E-state index in [0.717, 1.165) is 18.4 Å². The van der Waals surface area contributed by atoms with Crippen LogP contribution in [0.25, 0.3) is 0 Å². The highest BCUT2D eigenvalue weighted by Gasteiger charge is 2.70. The van der Waals surface area contributed by atoms with E-state index in [4.69, 9.17) is 0 Å². The van der Waals surface area contributed by atoms with Gasteiger partial charge in [0.2, 0.25) is 0 Å². The molecular formula is C32H41F3N2O3. The average Bonchev–Trinajstić information content (AvgIpc) is 2.83. The molecule has 5 rings (SSSR count). The van der Waals surface area contributed by atoms with Crippen molar-refractivity contribution in [1.82, 2.24) is 5.32 Å². The molecule has 5 nitrogen and oxygen atoms in total. The van der Waals surface area contributed by atoms with Crippen molar-refractivity contribution < 1.29 is 27.6 Å². The minimum absolute atomic E-state index is 0.0840. The standard InChI is InChI=1S/C32H41F3N2O3/c1-26(2)10-12-31(37-25(40)32(33,34)35)13-11-30(7)23(19(31)16-26)20(38)14-22-28(5)15-18(17-36)24(39)27(3,4)21(28)8-9-29(22,30)6/h14-15,19,21,23H,8-13,16H2,1-7H3,(H,37,40)/t19?,21-,23?,28-,29+,30+,31-/m0/s1. The summed E-state index contributed by atoms with van der Waals surface area (Å²) >= 11 is 0. The number of nitriles is 1. The van der Waals surface area contributed by atoms with Crippen molar-refractivity contribution in [3.05, 3.63) is 23.3 Å². The zero-order valence-electron chi connectivity index (χ0n) is 24.6. The number of Topliss-reactive ketones (excluding diaryl/α,β-unsaturated/α-hetero) is 1. The Balaban J connectivity index is 1.67. The van der Waals surface area contributed by atoms with Crippen molar-refractivity contribution in [2.24, 2.45) is 44.8 Å². The minimum atomic E-state index is -4.99. The molecule has 0 aliphatic heterocycles. The first-order valence-electron chi connectivity index (χ1n) is 14.5. The maximum Gasteiger partial charge on any atom is 0.471 e. The summed E-state index contributed by atoms with van der Waals surface area (Å²) in [6, 6.07) is 2.10. The van der Waals surface area contributed by atoms with E-state index in [1.165, 1.54) is 0 Å². The van der Waals surface area contributed by atoms with Crippen LogP contribution in [0.15, 0.2) is 23.3 Å². The number of ketones is 2. The number of halogens is 3. The van der Waals surface area contributed by atoms with Crippen molar-refractivity contribution in [2.75, 3.05) is 0 Å². The number of hydrogen-bond donors (Lipinski definition) is 1. The van der Waals surface area contributed by atoms with Crippen LogP contribution in [0.1, 0.15) is 93.4 Å². The first kappa shape index (κ1) is 29.1. The molecule has 2 unspecified atom stereocenters. The van der Waals surface area contributed by atoms with E-state index in [9.17, 15) is 32.8 Å². The van der Waals surface area contributed by atoms with E-state index in [-0.39, 0.29) is 28.5 Å². The number of fused-ring (bicyclic) bond motifs is 7. The fourth-order valence-electron chi connectivity index (χ4n) is 10.1. The summed E-state index contributed by atoms with van der Waals surface area (Å²) in [4.78, 5) is 39.9. The summed E-state index contributed by atoms with van der Waals surface area (Å²) in [5.41, 5.74) is -2.67. The number of amides is 1. The maximum absolute atomic E-state index is 14.4. The van der Waals surface area contributed by atoms with Gasteiger partial charge in [-0.25, -0.2) is 0 Å². The van der Waals surface area contributed by atoms with Gasteiger partial charge in [0.25, 0.3) is 0 Å². The van der Waals surface area contributed by atoms with Gasteiger partial charge in [-0.2, -0.15) is 18.4 Å². The van der Waals surface area contributed by atoms with Gasteiger partial charge >= 0.3 is 12.1 Å². The molecule has 5 aliphatic carbocycles. The number of nitrogens with one attached hydrogen (secondary N) is 1. The van der Waals surface area contributed by atoms with Crippen LogP contribution in [-0.4, -0.2) is 29.2 Å². The number of nitrogens with zero attached hydrogens (tertiary/aromatic N) is 1. The first-order chi connectivity index (χ1) is 18.2. The topological polar surface area (TPSA) is 87.0 Å². The summed E-state index contributed by atoms with van der Waals surface area (Å²) in [5, 5.41) is 12.3. The third kappa shape index (κ3) is 3.67. The van der Waals surface area contributed by atoms with Gasteiger partial charge in [0.05, 0.1) is 5.57 Å².